The summed E-state index contributed by atoms with van der Waals surface area (Å²) in [4.78, 5) is 32.5. The summed E-state index contributed by atoms with van der Waals surface area (Å²) in [5, 5.41) is 15.5. The first-order chi connectivity index (χ1) is 7.81. The zero-order chi connectivity index (χ0) is 13.1. The molecule has 0 aliphatic heterocycles. The zero-order valence-electron chi connectivity index (χ0n) is 9.87. The standard InChI is InChI=1S/C10H17N3O4/c1-10(2)3-6(10)13-9(17)12-4-7(14)11-5-8(15)16/h6H,3-5H2,1-2H3,(H,11,14)(H,15,16)(H2,12,13,17). The number of amides is 3. The maximum atomic E-state index is 11.3. The van der Waals surface area contributed by atoms with Crippen molar-refractivity contribution in [1.82, 2.24) is 16.0 Å². The van der Waals surface area contributed by atoms with Crippen LogP contribution in [0.15, 0.2) is 0 Å². The molecule has 96 valence electrons. The quantitative estimate of drug-likeness (QED) is 0.511. The van der Waals surface area contributed by atoms with Gasteiger partial charge in [-0.15, -0.1) is 0 Å². The van der Waals surface area contributed by atoms with Gasteiger partial charge in [0.2, 0.25) is 5.91 Å². The van der Waals surface area contributed by atoms with E-state index in [1.54, 1.807) is 0 Å². The number of carboxylic acids is 1. The molecular formula is C10H17N3O4. The molecule has 0 spiro atoms. The van der Waals surface area contributed by atoms with E-state index in [2.05, 4.69) is 16.0 Å². The molecule has 0 aromatic carbocycles. The summed E-state index contributed by atoms with van der Waals surface area (Å²) in [5.74, 6) is -1.65. The van der Waals surface area contributed by atoms with Crippen molar-refractivity contribution in [2.24, 2.45) is 5.41 Å². The maximum Gasteiger partial charge on any atom is 0.322 e. The SMILES string of the molecule is CC1(C)CC1NC(=O)NCC(=O)NCC(=O)O. The Balaban J connectivity index is 2.11. The third-order valence-electron chi connectivity index (χ3n) is 2.67. The number of nitrogens with one attached hydrogen (secondary N) is 3. The van der Waals surface area contributed by atoms with Crippen molar-refractivity contribution in [3.63, 3.8) is 0 Å². The number of carboxylic acid groups (broad SMARTS) is 1. The van der Waals surface area contributed by atoms with E-state index in [4.69, 9.17) is 5.11 Å². The van der Waals surface area contributed by atoms with Crippen molar-refractivity contribution in [2.45, 2.75) is 26.3 Å². The molecule has 1 unspecified atom stereocenters. The number of carbonyl (C=O) groups excluding carboxylic acids is 2. The van der Waals surface area contributed by atoms with Crippen LogP contribution in [0.2, 0.25) is 0 Å². The lowest BCUT2D eigenvalue weighted by Gasteiger charge is -2.08. The summed E-state index contributed by atoms with van der Waals surface area (Å²) in [6.45, 7) is 3.40. The highest BCUT2D eigenvalue weighted by Crippen LogP contribution is 2.44. The van der Waals surface area contributed by atoms with Crippen LogP contribution >= 0.6 is 0 Å². The molecule has 0 heterocycles. The van der Waals surface area contributed by atoms with Crippen LogP contribution in [0.5, 0.6) is 0 Å². The lowest BCUT2D eigenvalue weighted by Crippen LogP contribution is -2.44. The van der Waals surface area contributed by atoms with E-state index in [1.165, 1.54) is 0 Å². The summed E-state index contributed by atoms with van der Waals surface area (Å²) in [5.41, 5.74) is 0.128. The van der Waals surface area contributed by atoms with Crippen LogP contribution in [0.4, 0.5) is 4.79 Å². The van der Waals surface area contributed by atoms with E-state index in [0.717, 1.165) is 6.42 Å². The largest absolute Gasteiger partial charge is 0.480 e. The van der Waals surface area contributed by atoms with Crippen LogP contribution in [0.25, 0.3) is 0 Å². The molecule has 1 saturated carbocycles. The molecule has 1 aliphatic rings. The number of aliphatic carboxylic acids is 1. The highest BCUT2D eigenvalue weighted by molar-refractivity contribution is 5.86. The van der Waals surface area contributed by atoms with Gasteiger partial charge in [-0.05, 0) is 11.8 Å². The number of hydrogen-bond acceptors (Lipinski definition) is 3. The number of hydrogen-bond donors (Lipinski definition) is 4. The molecule has 1 fully saturated rings. The molecule has 1 aliphatic carbocycles. The molecule has 0 aromatic heterocycles. The molecule has 17 heavy (non-hydrogen) atoms. The first-order valence-corrected chi connectivity index (χ1v) is 5.34. The second-order valence-electron chi connectivity index (χ2n) is 4.74. The highest BCUT2D eigenvalue weighted by atomic mass is 16.4. The second-order valence-corrected chi connectivity index (χ2v) is 4.74. The van der Waals surface area contributed by atoms with Crippen molar-refractivity contribution >= 4 is 17.9 Å². The Morgan fingerprint density at radius 2 is 1.82 bits per heavy atom. The predicted octanol–water partition coefficient (Wildman–Crippen LogP) is -0.715. The summed E-state index contributed by atoms with van der Waals surface area (Å²) >= 11 is 0. The maximum absolute atomic E-state index is 11.3. The minimum absolute atomic E-state index is 0.128. The van der Waals surface area contributed by atoms with Gasteiger partial charge in [0.25, 0.3) is 0 Å². The fourth-order valence-corrected chi connectivity index (χ4v) is 1.32. The van der Waals surface area contributed by atoms with Crippen LogP contribution in [0.3, 0.4) is 0 Å². The van der Waals surface area contributed by atoms with E-state index in [0.29, 0.717) is 0 Å². The van der Waals surface area contributed by atoms with E-state index in [1.807, 2.05) is 13.8 Å². The Morgan fingerprint density at radius 1 is 1.24 bits per heavy atom. The van der Waals surface area contributed by atoms with Crippen molar-refractivity contribution in [3.05, 3.63) is 0 Å². The Kier molecular flexibility index (Phi) is 3.93. The van der Waals surface area contributed by atoms with Crippen LogP contribution < -0.4 is 16.0 Å². The monoisotopic (exact) mass is 243 g/mol. The number of urea groups is 1. The fourth-order valence-electron chi connectivity index (χ4n) is 1.32. The van der Waals surface area contributed by atoms with E-state index in [-0.39, 0.29) is 18.0 Å². The van der Waals surface area contributed by atoms with Crippen LogP contribution in [-0.2, 0) is 9.59 Å². The summed E-state index contributed by atoms with van der Waals surface area (Å²) in [6.07, 6.45) is 0.922. The molecule has 3 amide bonds. The van der Waals surface area contributed by atoms with Gasteiger partial charge in [-0.25, -0.2) is 4.79 Å². The van der Waals surface area contributed by atoms with E-state index >= 15 is 0 Å². The number of carbonyl (C=O) groups is 3. The predicted molar refractivity (Wildman–Crippen MR) is 59.4 cm³/mol. The fraction of sp³-hybridized carbons (Fsp3) is 0.700. The lowest BCUT2D eigenvalue weighted by molar-refractivity contribution is -0.137. The van der Waals surface area contributed by atoms with E-state index in [9.17, 15) is 14.4 Å². The minimum atomic E-state index is -1.12. The minimum Gasteiger partial charge on any atom is -0.480 e. The van der Waals surface area contributed by atoms with Crippen molar-refractivity contribution in [2.75, 3.05) is 13.1 Å². The first kappa shape index (κ1) is 13.3. The third kappa shape index (κ3) is 4.71. The average Bonchev–Trinajstić information content (AvgIpc) is 2.79. The van der Waals surface area contributed by atoms with Gasteiger partial charge in [-0.1, -0.05) is 13.8 Å². The van der Waals surface area contributed by atoms with Crippen LogP contribution in [-0.4, -0.2) is 42.1 Å². The van der Waals surface area contributed by atoms with Gasteiger partial charge in [0.15, 0.2) is 0 Å². The number of rotatable bonds is 5. The summed E-state index contributed by atoms with van der Waals surface area (Å²) < 4.78 is 0. The summed E-state index contributed by atoms with van der Waals surface area (Å²) in [6, 6.07) is -0.268. The molecule has 7 nitrogen and oxygen atoms in total. The smallest absolute Gasteiger partial charge is 0.322 e. The third-order valence-corrected chi connectivity index (χ3v) is 2.67. The molecule has 0 radical (unpaired) electrons. The molecule has 4 N–H and O–H groups in total. The molecule has 7 heteroatoms. The van der Waals surface area contributed by atoms with Gasteiger partial charge in [0.1, 0.15) is 6.54 Å². The molecular weight excluding hydrogens is 226 g/mol. The Bertz CT molecular complexity index is 340. The van der Waals surface area contributed by atoms with Crippen molar-refractivity contribution < 1.29 is 19.5 Å². The Labute approximate surface area is 98.9 Å². The van der Waals surface area contributed by atoms with Gasteiger partial charge in [-0.2, -0.15) is 0 Å². The normalized spacial score (nSPS) is 20.2. The van der Waals surface area contributed by atoms with Crippen LogP contribution in [0, 0.1) is 5.41 Å². The zero-order valence-corrected chi connectivity index (χ0v) is 9.87. The molecule has 0 bridgehead atoms. The highest BCUT2D eigenvalue weighted by Gasteiger charge is 2.46. The molecule has 0 aromatic rings. The Hall–Kier alpha value is -1.79. The first-order valence-electron chi connectivity index (χ1n) is 5.34. The van der Waals surface area contributed by atoms with Crippen molar-refractivity contribution in [3.8, 4) is 0 Å². The van der Waals surface area contributed by atoms with Gasteiger partial charge in [0.05, 0.1) is 6.54 Å². The van der Waals surface area contributed by atoms with Gasteiger partial charge < -0.3 is 21.1 Å². The second kappa shape index (κ2) is 5.03. The average molecular weight is 243 g/mol. The van der Waals surface area contributed by atoms with E-state index < -0.39 is 24.5 Å². The van der Waals surface area contributed by atoms with Crippen LogP contribution in [0.1, 0.15) is 20.3 Å². The topological polar surface area (TPSA) is 108 Å². The van der Waals surface area contributed by atoms with Gasteiger partial charge in [0, 0.05) is 6.04 Å². The molecule has 1 atom stereocenters. The lowest BCUT2D eigenvalue weighted by atomic mass is 10.2. The molecule has 1 rings (SSSR count). The van der Waals surface area contributed by atoms with Gasteiger partial charge >= 0.3 is 12.0 Å². The van der Waals surface area contributed by atoms with Crippen molar-refractivity contribution in [1.29, 1.82) is 0 Å². The molecule has 0 saturated heterocycles. The Morgan fingerprint density at radius 3 is 2.29 bits per heavy atom. The van der Waals surface area contributed by atoms with Gasteiger partial charge in [-0.3, -0.25) is 9.59 Å². The summed E-state index contributed by atoms with van der Waals surface area (Å²) in [7, 11) is 0.